The van der Waals surface area contributed by atoms with Crippen molar-refractivity contribution in [3.05, 3.63) is 89.2 Å². The Kier molecular flexibility index (Phi) is 8.35. The molecule has 1 heterocycles. The molecule has 0 atom stereocenters. The van der Waals surface area contributed by atoms with Crippen molar-refractivity contribution < 1.29 is 13.9 Å². The van der Waals surface area contributed by atoms with Crippen LogP contribution in [-0.2, 0) is 4.79 Å². The summed E-state index contributed by atoms with van der Waals surface area (Å²) in [7, 11) is 0. The van der Waals surface area contributed by atoms with Crippen molar-refractivity contribution in [2.45, 2.75) is 19.0 Å². The van der Waals surface area contributed by atoms with E-state index in [1.165, 1.54) is 23.9 Å². The summed E-state index contributed by atoms with van der Waals surface area (Å²) in [6, 6.07) is 20.8. The maximum absolute atomic E-state index is 13.1. The molecule has 7 nitrogen and oxygen atoms in total. The van der Waals surface area contributed by atoms with E-state index in [1.807, 2.05) is 47.9 Å². The molecule has 1 N–H and O–H groups in total. The average Bonchev–Trinajstić information content (AvgIpc) is 3.31. The first-order valence-electron chi connectivity index (χ1n) is 11.1. The lowest BCUT2D eigenvalue weighted by molar-refractivity contribution is -0.118. The van der Waals surface area contributed by atoms with Crippen molar-refractivity contribution in [1.29, 1.82) is 0 Å². The molecule has 0 fully saturated rings. The molecule has 1 aromatic heterocycles. The van der Waals surface area contributed by atoms with Gasteiger partial charge in [0.05, 0.1) is 18.1 Å². The van der Waals surface area contributed by atoms with E-state index < -0.39 is 0 Å². The first-order valence-corrected chi connectivity index (χ1v) is 12.5. The van der Waals surface area contributed by atoms with E-state index in [9.17, 15) is 9.18 Å². The predicted octanol–water partition coefficient (Wildman–Crippen LogP) is 5.76. The molecule has 0 aliphatic heterocycles. The summed E-state index contributed by atoms with van der Waals surface area (Å²) in [5, 5.41) is 14.0. The Hall–Kier alpha value is -3.69. The van der Waals surface area contributed by atoms with Gasteiger partial charge < -0.3 is 4.74 Å². The number of ether oxygens (including phenoxy) is 1. The number of thioether (sulfide) groups is 1. The highest BCUT2D eigenvalue weighted by Crippen LogP contribution is 2.29. The summed E-state index contributed by atoms with van der Waals surface area (Å²) in [6.45, 7) is 4.24. The number of nitrogens with zero attached hydrogens (tertiary/aromatic N) is 4. The summed E-state index contributed by atoms with van der Waals surface area (Å²) in [5.41, 5.74) is 5.47. The van der Waals surface area contributed by atoms with Gasteiger partial charge in [0.25, 0.3) is 5.91 Å². The highest BCUT2D eigenvalue weighted by atomic mass is 35.5. The maximum atomic E-state index is 13.1. The molecule has 0 saturated heterocycles. The van der Waals surface area contributed by atoms with Crippen molar-refractivity contribution in [3.63, 3.8) is 0 Å². The standard InChI is InChI=1S/C26H23ClFN5O2S/c1-3-35-23-14-12-22(13-15-23)33-25(19-4-8-20(27)9-5-19)31-32-26(33)36-16-24(34)30-29-17(2)18-6-10-21(28)11-7-18/h4-15H,3,16H2,1-2H3,(H,30,34)/b29-17-. The number of amides is 1. The lowest BCUT2D eigenvalue weighted by Crippen LogP contribution is -2.21. The van der Waals surface area contributed by atoms with Crippen molar-refractivity contribution in [3.8, 4) is 22.8 Å². The summed E-state index contributed by atoms with van der Waals surface area (Å²) in [5.74, 6) is 0.794. The summed E-state index contributed by atoms with van der Waals surface area (Å²) >= 11 is 7.29. The molecule has 1 amide bonds. The van der Waals surface area contributed by atoms with Crippen LogP contribution >= 0.6 is 23.4 Å². The zero-order chi connectivity index (χ0) is 25.5. The van der Waals surface area contributed by atoms with Gasteiger partial charge in [0.1, 0.15) is 11.6 Å². The topological polar surface area (TPSA) is 81.4 Å². The zero-order valence-corrected chi connectivity index (χ0v) is 21.2. The Morgan fingerprint density at radius 2 is 1.75 bits per heavy atom. The number of rotatable bonds is 9. The minimum Gasteiger partial charge on any atom is -0.494 e. The van der Waals surface area contributed by atoms with Gasteiger partial charge in [0.15, 0.2) is 11.0 Å². The highest BCUT2D eigenvalue weighted by Gasteiger charge is 2.17. The van der Waals surface area contributed by atoms with Crippen LogP contribution in [0.4, 0.5) is 4.39 Å². The fourth-order valence-electron chi connectivity index (χ4n) is 3.30. The number of nitrogens with one attached hydrogen (secondary N) is 1. The molecule has 10 heteroatoms. The Labute approximate surface area is 217 Å². The third kappa shape index (κ3) is 6.30. The summed E-state index contributed by atoms with van der Waals surface area (Å²) < 4.78 is 20.6. The number of carbonyl (C=O) groups excluding carboxylic acids is 1. The minimum absolute atomic E-state index is 0.0655. The molecule has 184 valence electrons. The van der Waals surface area contributed by atoms with Crippen LogP contribution in [0.15, 0.2) is 83.1 Å². The first-order chi connectivity index (χ1) is 17.4. The van der Waals surface area contributed by atoms with Crippen LogP contribution in [0.3, 0.4) is 0 Å². The lowest BCUT2D eigenvalue weighted by Gasteiger charge is -2.11. The molecule has 0 aliphatic carbocycles. The molecule has 0 unspecified atom stereocenters. The zero-order valence-electron chi connectivity index (χ0n) is 19.6. The molecular weight excluding hydrogens is 501 g/mol. The number of carbonyl (C=O) groups is 1. The average molecular weight is 524 g/mol. The van der Waals surface area contributed by atoms with E-state index in [0.717, 1.165) is 17.0 Å². The van der Waals surface area contributed by atoms with Gasteiger partial charge in [-0.15, -0.1) is 10.2 Å². The molecular formula is C26H23ClFN5O2S. The van der Waals surface area contributed by atoms with Crippen LogP contribution in [0.5, 0.6) is 5.75 Å². The number of hydrogen-bond acceptors (Lipinski definition) is 6. The van der Waals surface area contributed by atoms with Gasteiger partial charge in [0.2, 0.25) is 0 Å². The van der Waals surface area contributed by atoms with E-state index >= 15 is 0 Å². The molecule has 0 aliphatic rings. The quantitative estimate of drug-likeness (QED) is 0.171. The van der Waals surface area contributed by atoms with Crippen LogP contribution in [0.1, 0.15) is 19.4 Å². The minimum atomic E-state index is -0.332. The van der Waals surface area contributed by atoms with Crippen molar-refractivity contribution in [2.75, 3.05) is 12.4 Å². The monoisotopic (exact) mass is 523 g/mol. The number of hydrazone groups is 1. The fourth-order valence-corrected chi connectivity index (χ4v) is 4.17. The maximum Gasteiger partial charge on any atom is 0.250 e. The highest BCUT2D eigenvalue weighted by molar-refractivity contribution is 7.99. The third-order valence-corrected chi connectivity index (χ3v) is 6.27. The predicted molar refractivity (Wildman–Crippen MR) is 140 cm³/mol. The summed E-state index contributed by atoms with van der Waals surface area (Å²) in [6.07, 6.45) is 0. The van der Waals surface area contributed by atoms with Crippen molar-refractivity contribution in [2.24, 2.45) is 5.10 Å². The van der Waals surface area contributed by atoms with Gasteiger partial charge in [-0.3, -0.25) is 9.36 Å². The van der Waals surface area contributed by atoms with Gasteiger partial charge in [0, 0.05) is 16.3 Å². The molecule has 4 rings (SSSR count). The smallest absolute Gasteiger partial charge is 0.250 e. The van der Waals surface area contributed by atoms with E-state index in [0.29, 0.717) is 33.9 Å². The fraction of sp³-hybridized carbons (Fsp3) is 0.154. The molecule has 0 saturated carbocycles. The molecule has 3 aromatic carbocycles. The van der Waals surface area contributed by atoms with E-state index in [4.69, 9.17) is 16.3 Å². The molecule has 36 heavy (non-hydrogen) atoms. The second-order valence-corrected chi connectivity index (χ2v) is 8.98. The van der Waals surface area contributed by atoms with Crippen LogP contribution in [-0.4, -0.2) is 38.7 Å². The normalized spacial score (nSPS) is 11.4. The van der Waals surface area contributed by atoms with Crippen LogP contribution < -0.4 is 10.2 Å². The number of aromatic nitrogens is 3. The Morgan fingerprint density at radius 3 is 2.42 bits per heavy atom. The van der Waals surface area contributed by atoms with Crippen LogP contribution in [0, 0.1) is 5.82 Å². The van der Waals surface area contributed by atoms with Crippen molar-refractivity contribution >= 4 is 35.0 Å². The van der Waals surface area contributed by atoms with Gasteiger partial charge in [-0.2, -0.15) is 5.10 Å². The van der Waals surface area contributed by atoms with E-state index in [1.54, 1.807) is 31.2 Å². The van der Waals surface area contributed by atoms with Gasteiger partial charge in [-0.1, -0.05) is 35.5 Å². The van der Waals surface area contributed by atoms with Crippen LogP contribution in [0.25, 0.3) is 17.1 Å². The Bertz CT molecular complexity index is 1360. The molecule has 4 aromatic rings. The van der Waals surface area contributed by atoms with Gasteiger partial charge in [-0.05, 0) is 80.1 Å². The van der Waals surface area contributed by atoms with Crippen molar-refractivity contribution in [1.82, 2.24) is 20.2 Å². The van der Waals surface area contributed by atoms with E-state index in [-0.39, 0.29) is 17.5 Å². The third-order valence-electron chi connectivity index (χ3n) is 5.08. The molecule has 0 spiro atoms. The van der Waals surface area contributed by atoms with Crippen LogP contribution in [0.2, 0.25) is 5.02 Å². The second-order valence-electron chi connectivity index (χ2n) is 7.60. The molecule has 0 radical (unpaired) electrons. The second kappa shape index (κ2) is 11.8. The largest absolute Gasteiger partial charge is 0.494 e. The first kappa shape index (κ1) is 25.4. The Morgan fingerprint density at radius 1 is 1.06 bits per heavy atom. The Balaban J connectivity index is 1.53. The van der Waals surface area contributed by atoms with E-state index in [2.05, 4.69) is 20.7 Å². The number of halogens is 2. The summed E-state index contributed by atoms with van der Waals surface area (Å²) in [4.78, 5) is 12.5. The number of benzene rings is 3. The van der Waals surface area contributed by atoms with Gasteiger partial charge >= 0.3 is 0 Å². The van der Waals surface area contributed by atoms with Gasteiger partial charge in [-0.25, -0.2) is 9.82 Å². The SMILES string of the molecule is CCOc1ccc(-n2c(SCC(=O)N/N=C(/C)c3ccc(F)cc3)nnc2-c2ccc(Cl)cc2)cc1. The molecule has 0 bridgehead atoms. The number of hydrogen-bond donors (Lipinski definition) is 1. The lowest BCUT2D eigenvalue weighted by atomic mass is 10.1.